The quantitative estimate of drug-likeness (QED) is 0.279. The first kappa shape index (κ1) is 20.0. The average Bonchev–Trinajstić information content (AvgIpc) is 3.25. The van der Waals surface area contributed by atoms with Crippen molar-refractivity contribution < 1.29 is 33.8 Å². The van der Waals surface area contributed by atoms with Gasteiger partial charge in [0.15, 0.2) is 6.23 Å². The molecular weight excluding hydrogens is 429 g/mol. The second-order valence-corrected chi connectivity index (χ2v) is 8.44. The van der Waals surface area contributed by atoms with Crippen LogP contribution in [0.2, 0.25) is 0 Å². The van der Waals surface area contributed by atoms with Crippen LogP contribution in [0.4, 0.5) is 11.5 Å². The second-order valence-electron chi connectivity index (χ2n) is 7.20. The molecule has 5 rings (SSSR count). The zero-order valence-corrected chi connectivity index (χ0v) is 16.5. The van der Waals surface area contributed by atoms with Gasteiger partial charge < -0.3 is 34.6 Å². The minimum atomic E-state index is -4.77. The number of benzene rings is 1. The highest BCUT2D eigenvalue weighted by Gasteiger charge is 2.45. The van der Waals surface area contributed by atoms with Gasteiger partial charge >= 0.3 is 7.82 Å². The van der Waals surface area contributed by atoms with E-state index in [2.05, 4.69) is 25.9 Å². The third kappa shape index (κ3) is 3.29. The first-order valence-corrected chi connectivity index (χ1v) is 10.7. The Kier molecular flexibility index (Phi) is 4.58. The molecule has 4 heterocycles. The van der Waals surface area contributed by atoms with Gasteiger partial charge in [-0.2, -0.15) is 5.26 Å². The van der Waals surface area contributed by atoms with E-state index in [1.165, 1.54) is 10.9 Å². The average molecular weight is 445 g/mol. The molecule has 0 bridgehead atoms. The van der Waals surface area contributed by atoms with E-state index < -0.39 is 39.0 Å². The summed E-state index contributed by atoms with van der Waals surface area (Å²) in [4.78, 5) is 26.4. The van der Waals surface area contributed by atoms with Gasteiger partial charge in [0, 0.05) is 23.0 Å². The third-order valence-electron chi connectivity index (χ3n) is 5.32. The summed E-state index contributed by atoms with van der Waals surface area (Å²) >= 11 is 0. The Morgan fingerprint density at radius 1 is 1.26 bits per heavy atom. The molecule has 1 fully saturated rings. The Bertz CT molecular complexity index is 1280. The molecule has 2 aliphatic heterocycles. The molecule has 160 valence electrons. The van der Waals surface area contributed by atoms with Crippen molar-refractivity contribution in [1.29, 1.82) is 5.26 Å². The van der Waals surface area contributed by atoms with E-state index in [9.17, 15) is 20.0 Å². The van der Waals surface area contributed by atoms with E-state index in [0.29, 0.717) is 28.1 Å². The molecule has 1 saturated heterocycles. The van der Waals surface area contributed by atoms with Crippen LogP contribution in [-0.4, -0.2) is 59.5 Å². The van der Waals surface area contributed by atoms with E-state index in [1.54, 1.807) is 24.4 Å². The van der Waals surface area contributed by atoms with Crippen LogP contribution in [-0.2, 0) is 13.8 Å². The standard InChI is InChI=1S/C18H16N5O7P/c19-4-8-1-2-9-10-5-23(17-13(10)16(20-7-21-17)22-11(9)3-8)18-15(25)14(24)12(30-18)6-29-31(26,27)28/h1-3,5,7,12,14-15,18,24-25H,6H2,(H,20,21,22)(H2,26,27,28)/t12-,14-,15-,18-/m1/s1. The van der Waals surface area contributed by atoms with Crippen molar-refractivity contribution in [3.63, 3.8) is 0 Å². The van der Waals surface area contributed by atoms with E-state index in [0.717, 1.165) is 11.1 Å². The summed E-state index contributed by atoms with van der Waals surface area (Å²) in [6, 6.07) is 7.25. The first-order chi connectivity index (χ1) is 14.8. The largest absolute Gasteiger partial charge is 0.469 e. The lowest BCUT2D eigenvalue weighted by atomic mass is 9.99. The van der Waals surface area contributed by atoms with Gasteiger partial charge in [0.1, 0.15) is 36.1 Å². The number of hydrogen-bond acceptors (Lipinski definition) is 9. The maximum atomic E-state index is 11.0. The Hall–Kier alpha value is -2.88. The van der Waals surface area contributed by atoms with Crippen molar-refractivity contribution >= 4 is 30.4 Å². The molecule has 12 nitrogen and oxygen atoms in total. The molecule has 3 aromatic rings. The monoisotopic (exact) mass is 445 g/mol. The van der Waals surface area contributed by atoms with Crippen molar-refractivity contribution in [3.8, 4) is 17.2 Å². The van der Waals surface area contributed by atoms with Gasteiger partial charge in [-0.25, -0.2) is 14.5 Å². The molecule has 1 aromatic carbocycles. The summed E-state index contributed by atoms with van der Waals surface area (Å²) in [6.07, 6.45) is -2.06. The van der Waals surface area contributed by atoms with Crippen LogP contribution in [0.3, 0.4) is 0 Å². The van der Waals surface area contributed by atoms with E-state index in [-0.39, 0.29) is 0 Å². The molecule has 0 spiro atoms. The van der Waals surface area contributed by atoms with Crippen LogP contribution < -0.4 is 5.32 Å². The summed E-state index contributed by atoms with van der Waals surface area (Å²) in [6.45, 7) is -0.605. The molecule has 0 saturated carbocycles. The number of nitrogens with one attached hydrogen (secondary N) is 1. The minimum Gasteiger partial charge on any atom is -0.387 e. The second kappa shape index (κ2) is 7.08. The van der Waals surface area contributed by atoms with Gasteiger partial charge in [-0.05, 0) is 12.1 Å². The highest BCUT2D eigenvalue weighted by molar-refractivity contribution is 7.46. The van der Waals surface area contributed by atoms with Crippen molar-refractivity contribution in [1.82, 2.24) is 14.5 Å². The minimum absolute atomic E-state index is 0.426. The lowest BCUT2D eigenvalue weighted by molar-refractivity contribution is -0.0501. The maximum absolute atomic E-state index is 11.0. The number of phosphoric acid groups is 1. The predicted molar refractivity (Wildman–Crippen MR) is 105 cm³/mol. The summed E-state index contributed by atoms with van der Waals surface area (Å²) in [7, 11) is -4.77. The summed E-state index contributed by atoms with van der Waals surface area (Å²) < 4.78 is 22.6. The zero-order chi connectivity index (χ0) is 21.9. The fraction of sp³-hybridized carbons (Fsp3) is 0.278. The van der Waals surface area contributed by atoms with Gasteiger partial charge in [0.05, 0.1) is 23.6 Å². The number of aliphatic hydroxyl groups excluding tert-OH is 2. The Morgan fingerprint density at radius 3 is 2.81 bits per heavy atom. The molecule has 2 aliphatic rings. The third-order valence-corrected chi connectivity index (χ3v) is 5.81. The highest BCUT2D eigenvalue weighted by atomic mass is 31.2. The number of nitrogens with zero attached hydrogens (tertiary/aromatic N) is 4. The summed E-state index contributed by atoms with van der Waals surface area (Å²) in [5, 5.41) is 33.9. The van der Waals surface area contributed by atoms with Crippen molar-refractivity contribution in [3.05, 3.63) is 36.3 Å². The highest BCUT2D eigenvalue weighted by Crippen LogP contribution is 2.46. The van der Waals surface area contributed by atoms with Gasteiger partial charge in [-0.1, -0.05) is 6.07 Å². The lowest BCUT2D eigenvalue weighted by Gasteiger charge is -2.18. The molecule has 0 amide bonds. The molecule has 5 N–H and O–H groups in total. The van der Waals surface area contributed by atoms with E-state index in [4.69, 9.17) is 14.5 Å². The van der Waals surface area contributed by atoms with Gasteiger partial charge in [0.2, 0.25) is 0 Å². The molecule has 0 unspecified atom stereocenters. The SMILES string of the molecule is N#Cc1ccc2c(c1)Nc1ncnc3c1c-2cn3[C@@H]1O[C@H](COP(=O)(O)O)[C@@H](O)[C@H]1O. The van der Waals surface area contributed by atoms with Crippen molar-refractivity contribution in [2.75, 3.05) is 11.9 Å². The fourth-order valence-corrected chi connectivity index (χ4v) is 4.27. The number of fused-ring (bicyclic) bond motifs is 2. The molecule has 0 radical (unpaired) electrons. The van der Waals surface area contributed by atoms with E-state index >= 15 is 0 Å². The predicted octanol–water partition coefficient (Wildman–Crippen LogP) is 0.755. The van der Waals surface area contributed by atoms with Gasteiger partial charge in [-0.3, -0.25) is 4.52 Å². The lowest BCUT2D eigenvalue weighted by Crippen LogP contribution is -2.33. The number of nitriles is 1. The van der Waals surface area contributed by atoms with Crippen LogP contribution in [0, 0.1) is 11.3 Å². The van der Waals surface area contributed by atoms with Crippen LogP contribution in [0.5, 0.6) is 0 Å². The topological polar surface area (TPSA) is 183 Å². The summed E-state index contributed by atoms with van der Waals surface area (Å²) in [5.74, 6) is 0.510. The number of ether oxygens (including phenoxy) is 1. The van der Waals surface area contributed by atoms with Crippen LogP contribution in [0.15, 0.2) is 30.7 Å². The molecule has 13 heteroatoms. The van der Waals surface area contributed by atoms with Crippen LogP contribution in [0.25, 0.3) is 22.2 Å². The number of rotatable bonds is 4. The molecule has 4 atom stereocenters. The number of phosphoric ester groups is 1. The smallest absolute Gasteiger partial charge is 0.387 e. The zero-order valence-electron chi connectivity index (χ0n) is 15.7. The first-order valence-electron chi connectivity index (χ1n) is 9.15. The van der Waals surface area contributed by atoms with Crippen LogP contribution in [0.1, 0.15) is 11.8 Å². The maximum Gasteiger partial charge on any atom is 0.469 e. The Labute approximate surface area is 174 Å². The number of anilines is 2. The normalized spacial score (nSPS) is 24.6. The Balaban J connectivity index is 1.57. The van der Waals surface area contributed by atoms with Gasteiger partial charge in [0.25, 0.3) is 0 Å². The van der Waals surface area contributed by atoms with Crippen molar-refractivity contribution in [2.45, 2.75) is 24.5 Å². The van der Waals surface area contributed by atoms with Gasteiger partial charge in [-0.15, -0.1) is 0 Å². The molecule has 31 heavy (non-hydrogen) atoms. The number of hydrogen-bond donors (Lipinski definition) is 5. The summed E-state index contributed by atoms with van der Waals surface area (Å²) in [5.41, 5.74) is 3.12. The van der Waals surface area contributed by atoms with E-state index in [1.807, 2.05) is 0 Å². The molecule has 2 aromatic heterocycles. The number of aromatic nitrogens is 3. The molecular formula is C18H16N5O7P. The Morgan fingerprint density at radius 2 is 2.06 bits per heavy atom. The van der Waals surface area contributed by atoms with Crippen molar-refractivity contribution in [2.24, 2.45) is 0 Å². The molecule has 0 aliphatic carbocycles. The number of aliphatic hydroxyl groups is 2. The fourth-order valence-electron chi connectivity index (χ4n) is 3.92. The van der Waals surface area contributed by atoms with Crippen LogP contribution >= 0.6 is 7.82 Å².